The highest BCUT2D eigenvalue weighted by Crippen LogP contribution is 2.19. The van der Waals surface area contributed by atoms with Crippen LogP contribution in [-0.4, -0.2) is 20.1 Å². The Bertz CT molecular complexity index is 58.7. The van der Waals surface area contributed by atoms with Gasteiger partial charge in [-0.05, 0) is 6.42 Å². The molecule has 1 saturated heterocycles. The zero-order valence-corrected chi connectivity index (χ0v) is 8.22. The molecule has 0 aromatic carbocycles. The maximum absolute atomic E-state index is 2.50. The minimum atomic E-state index is 0.912. The van der Waals surface area contributed by atoms with Crippen molar-refractivity contribution in [3.05, 3.63) is 0 Å². The van der Waals surface area contributed by atoms with Gasteiger partial charge in [-0.2, -0.15) is 0 Å². The van der Waals surface area contributed by atoms with Gasteiger partial charge in [0.15, 0.2) is 0 Å². The van der Waals surface area contributed by atoms with E-state index in [1.54, 1.807) is 0 Å². The first kappa shape index (κ1) is 6.54. The molecule has 1 nitrogen and oxygen atoms in total. The van der Waals surface area contributed by atoms with Crippen LogP contribution < -0.4 is 0 Å². The molecule has 1 unspecified atom stereocenters. The van der Waals surface area contributed by atoms with Gasteiger partial charge in [0.25, 0.3) is 0 Å². The topological polar surface area (TPSA) is 3.24 Å². The summed E-state index contributed by atoms with van der Waals surface area (Å²) in [5.41, 5.74) is 0. The first-order chi connectivity index (χ1) is 3.29. The van der Waals surface area contributed by atoms with Gasteiger partial charge in [0, 0.05) is 39.9 Å². The van der Waals surface area contributed by atoms with E-state index in [2.05, 4.69) is 48.6 Å². The van der Waals surface area contributed by atoms with Crippen LogP contribution in [0.1, 0.15) is 6.42 Å². The van der Waals surface area contributed by atoms with Crippen molar-refractivity contribution in [3.63, 3.8) is 0 Å². The number of rotatable bonds is 0. The first-order valence-electron chi connectivity index (χ1n) is 2.34. The monoisotopic (exact) mass is 323 g/mol. The molecule has 3 heteroatoms. The van der Waals surface area contributed by atoms with Crippen molar-refractivity contribution in [2.24, 2.45) is 0 Å². The van der Waals surface area contributed by atoms with E-state index in [1.165, 1.54) is 19.5 Å². The number of halogens is 2. The van der Waals surface area contributed by atoms with E-state index in [9.17, 15) is 0 Å². The van der Waals surface area contributed by atoms with E-state index < -0.39 is 0 Å². The van der Waals surface area contributed by atoms with Crippen LogP contribution in [0.25, 0.3) is 0 Å². The van der Waals surface area contributed by atoms with Gasteiger partial charge in [-0.15, -0.1) is 0 Å². The fraction of sp³-hybridized carbons (Fsp3) is 1.00. The number of hydrogen-bond acceptors (Lipinski definition) is 1. The maximum atomic E-state index is 2.50. The second-order valence-corrected chi connectivity index (χ2v) is 4.88. The SMILES string of the molecule is IC1CCN(I)C1. The normalized spacial score (nSPS) is 34.3. The molecule has 0 aromatic heterocycles. The summed E-state index contributed by atoms with van der Waals surface area (Å²) in [4.78, 5) is 0. The Morgan fingerprint density at radius 2 is 2.29 bits per heavy atom. The van der Waals surface area contributed by atoms with Crippen LogP contribution >= 0.6 is 45.5 Å². The van der Waals surface area contributed by atoms with Crippen LogP contribution in [0.2, 0.25) is 0 Å². The lowest BCUT2D eigenvalue weighted by molar-refractivity contribution is 0.638. The summed E-state index contributed by atoms with van der Waals surface area (Å²) < 4.78 is 3.25. The largest absolute Gasteiger partial charge is 0.246 e. The van der Waals surface area contributed by atoms with E-state index >= 15 is 0 Å². The molecule has 0 radical (unpaired) electrons. The minimum absolute atomic E-state index is 0.912. The van der Waals surface area contributed by atoms with Crippen LogP contribution in [0.15, 0.2) is 0 Å². The predicted molar refractivity (Wildman–Crippen MR) is 48.0 cm³/mol. The van der Waals surface area contributed by atoms with E-state index in [-0.39, 0.29) is 0 Å². The highest BCUT2D eigenvalue weighted by molar-refractivity contribution is 14.1. The molecule has 0 aromatic rings. The molecule has 0 N–H and O–H groups in total. The van der Waals surface area contributed by atoms with Crippen LogP contribution in [-0.2, 0) is 0 Å². The van der Waals surface area contributed by atoms with Crippen LogP contribution in [0, 0.1) is 0 Å². The van der Waals surface area contributed by atoms with Crippen molar-refractivity contribution in [1.29, 1.82) is 0 Å². The Morgan fingerprint density at radius 3 is 2.43 bits per heavy atom. The van der Waals surface area contributed by atoms with E-state index in [0.29, 0.717) is 0 Å². The molecule has 1 heterocycles. The number of nitrogens with zero attached hydrogens (tertiary/aromatic N) is 1. The van der Waals surface area contributed by atoms with E-state index in [4.69, 9.17) is 0 Å². The molecule has 1 aliphatic heterocycles. The third-order valence-electron chi connectivity index (χ3n) is 1.08. The van der Waals surface area contributed by atoms with Gasteiger partial charge in [-0.25, -0.2) is 3.11 Å². The van der Waals surface area contributed by atoms with Crippen molar-refractivity contribution in [2.75, 3.05) is 13.1 Å². The van der Waals surface area contributed by atoms with Gasteiger partial charge in [0.1, 0.15) is 0 Å². The van der Waals surface area contributed by atoms with Crippen LogP contribution in [0.4, 0.5) is 0 Å². The van der Waals surface area contributed by atoms with Crippen LogP contribution in [0.3, 0.4) is 0 Å². The first-order valence-corrected chi connectivity index (χ1v) is 4.55. The van der Waals surface area contributed by atoms with Crippen LogP contribution in [0.5, 0.6) is 0 Å². The van der Waals surface area contributed by atoms with Gasteiger partial charge in [-0.1, -0.05) is 22.6 Å². The lowest BCUT2D eigenvalue weighted by atomic mass is 10.4. The summed E-state index contributed by atoms with van der Waals surface area (Å²) in [7, 11) is 0. The molecule has 1 rings (SSSR count). The summed E-state index contributed by atoms with van der Waals surface area (Å²) in [5, 5.41) is 0. The third-order valence-corrected chi connectivity index (χ3v) is 2.97. The molecule has 1 fully saturated rings. The molecule has 0 saturated carbocycles. The van der Waals surface area contributed by atoms with Gasteiger partial charge >= 0.3 is 0 Å². The molecular weight excluding hydrogens is 316 g/mol. The van der Waals surface area contributed by atoms with E-state index in [0.717, 1.165) is 3.92 Å². The maximum Gasteiger partial charge on any atom is 0.0258 e. The Morgan fingerprint density at radius 1 is 1.57 bits per heavy atom. The molecule has 0 amide bonds. The van der Waals surface area contributed by atoms with Gasteiger partial charge in [0.05, 0.1) is 0 Å². The highest BCUT2D eigenvalue weighted by Gasteiger charge is 2.16. The predicted octanol–water partition coefficient (Wildman–Crippen LogP) is 1.85. The zero-order valence-electron chi connectivity index (χ0n) is 3.90. The second kappa shape index (κ2) is 2.82. The van der Waals surface area contributed by atoms with Crippen molar-refractivity contribution in [3.8, 4) is 0 Å². The quantitative estimate of drug-likeness (QED) is 0.374. The second-order valence-electron chi connectivity index (χ2n) is 1.75. The van der Waals surface area contributed by atoms with Gasteiger partial charge in [0.2, 0.25) is 0 Å². The molecular formula is C4H7I2N. The molecule has 0 spiro atoms. The summed E-state index contributed by atoms with van der Waals surface area (Å²) in [6, 6.07) is 0. The standard InChI is InChI=1S/C4H7I2N/c5-4-1-2-7(6)3-4/h4H,1-3H2. The Balaban J connectivity index is 2.26. The number of hydrogen-bond donors (Lipinski definition) is 0. The summed E-state index contributed by atoms with van der Waals surface area (Å²) in [5.74, 6) is 0. The van der Waals surface area contributed by atoms with Crippen molar-refractivity contribution < 1.29 is 0 Å². The Hall–Kier alpha value is 1.42. The third kappa shape index (κ3) is 2.01. The van der Waals surface area contributed by atoms with Crippen molar-refractivity contribution in [2.45, 2.75) is 10.3 Å². The molecule has 42 valence electrons. The summed E-state index contributed by atoms with van der Waals surface area (Å²) >= 11 is 4.88. The highest BCUT2D eigenvalue weighted by atomic mass is 127. The van der Waals surface area contributed by atoms with Crippen molar-refractivity contribution in [1.82, 2.24) is 3.11 Å². The molecule has 7 heavy (non-hydrogen) atoms. The zero-order chi connectivity index (χ0) is 5.28. The number of alkyl halides is 1. The fourth-order valence-electron chi connectivity index (χ4n) is 0.678. The Labute approximate surface area is 71.5 Å². The average Bonchev–Trinajstić information content (AvgIpc) is 1.87. The Kier molecular flexibility index (Phi) is 2.63. The molecule has 1 atom stereocenters. The fourth-order valence-corrected chi connectivity index (χ4v) is 2.94. The molecule has 0 bridgehead atoms. The summed E-state index contributed by atoms with van der Waals surface area (Å²) in [6.45, 7) is 2.56. The smallest absolute Gasteiger partial charge is 0.0258 e. The molecule has 0 aliphatic carbocycles. The van der Waals surface area contributed by atoms with Gasteiger partial charge in [-0.3, -0.25) is 0 Å². The average molecular weight is 323 g/mol. The lowest BCUT2D eigenvalue weighted by Gasteiger charge is -1.99. The summed E-state index contributed by atoms with van der Waals surface area (Å²) in [6.07, 6.45) is 1.38. The minimum Gasteiger partial charge on any atom is -0.246 e. The lowest BCUT2D eigenvalue weighted by Crippen LogP contribution is -2.05. The van der Waals surface area contributed by atoms with Crippen molar-refractivity contribution >= 4 is 45.5 Å². The van der Waals surface area contributed by atoms with E-state index in [1.807, 2.05) is 0 Å². The van der Waals surface area contributed by atoms with Gasteiger partial charge < -0.3 is 0 Å². The molecule has 1 aliphatic rings.